The minimum Gasteiger partial charge on any atom is -0.507 e. The maximum absolute atomic E-state index is 12.9. The molecule has 4 rings (SSSR count). The average molecular weight is 652 g/mol. The first kappa shape index (κ1) is 35.7. The predicted octanol–water partition coefficient (Wildman–Crippen LogP) is 0.684. The molecule has 0 saturated carbocycles. The van der Waals surface area contributed by atoms with Crippen LogP contribution in [0.25, 0.3) is 0 Å². The van der Waals surface area contributed by atoms with Gasteiger partial charge < -0.3 is 41.3 Å². The van der Waals surface area contributed by atoms with Crippen molar-refractivity contribution in [2.75, 3.05) is 39.5 Å². The molecule has 254 valence electrons. The number of hydrogen-bond donors (Lipinski definition) is 8. The molecular weight excluding hydrogens is 606 g/mol. The van der Waals surface area contributed by atoms with Crippen LogP contribution in [0.3, 0.4) is 0 Å². The van der Waals surface area contributed by atoms with E-state index >= 15 is 0 Å². The Balaban J connectivity index is 1.55. The quantitative estimate of drug-likeness (QED) is 0.137. The Bertz CT molecular complexity index is 1430. The first-order valence-corrected chi connectivity index (χ1v) is 15.6. The van der Waals surface area contributed by atoms with Crippen LogP contribution in [-0.4, -0.2) is 109 Å². The summed E-state index contributed by atoms with van der Waals surface area (Å²) in [6, 6.07) is 10.9. The van der Waals surface area contributed by atoms with Crippen molar-refractivity contribution in [1.82, 2.24) is 25.4 Å². The van der Waals surface area contributed by atoms with Gasteiger partial charge in [0.05, 0.1) is 61.0 Å². The molecule has 0 atom stereocenters. The van der Waals surface area contributed by atoms with E-state index in [4.69, 9.17) is 4.98 Å². The molecule has 47 heavy (non-hydrogen) atoms. The zero-order valence-corrected chi connectivity index (χ0v) is 26.8. The first-order chi connectivity index (χ1) is 22.5. The Labute approximate surface area is 274 Å². The molecule has 2 aromatic carbocycles. The number of aryl methyl sites for hydroxylation is 2. The zero-order valence-electron chi connectivity index (χ0n) is 26.8. The predicted molar refractivity (Wildman–Crippen MR) is 174 cm³/mol. The van der Waals surface area contributed by atoms with Crippen LogP contribution in [0.15, 0.2) is 42.5 Å². The van der Waals surface area contributed by atoms with Gasteiger partial charge in [-0.05, 0) is 55.7 Å². The van der Waals surface area contributed by atoms with Gasteiger partial charge >= 0.3 is 0 Å². The van der Waals surface area contributed by atoms with Crippen LogP contribution in [0, 0.1) is 13.8 Å². The highest BCUT2D eigenvalue weighted by atomic mass is 16.3. The number of aromatic hydroxyl groups is 2. The number of aromatic nitrogens is 1. The number of pyridine rings is 1. The summed E-state index contributed by atoms with van der Waals surface area (Å²) in [4.78, 5) is 34.9. The normalized spacial score (nSPS) is 14.4. The largest absolute Gasteiger partial charge is 0.507 e. The summed E-state index contributed by atoms with van der Waals surface area (Å²) in [6.45, 7) is 4.87. The fourth-order valence-corrected chi connectivity index (χ4v) is 5.71. The van der Waals surface area contributed by atoms with Crippen molar-refractivity contribution in [2.45, 2.75) is 58.5 Å². The first-order valence-electron chi connectivity index (χ1n) is 15.6. The summed E-state index contributed by atoms with van der Waals surface area (Å²) in [6.07, 6.45) is 0.730. The number of fused-ring (bicyclic) bond motifs is 2. The lowest BCUT2D eigenvalue weighted by atomic mass is 10.0. The van der Waals surface area contributed by atoms with Gasteiger partial charge in [0.15, 0.2) is 0 Å². The summed E-state index contributed by atoms with van der Waals surface area (Å²) >= 11 is 0. The highest BCUT2D eigenvalue weighted by molar-refractivity contribution is 5.98. The molecular formula is C34H45N5O8. The van der Waals surface area contributed by atoms with Gasteiger partial charge in [-0.2, -0.15) is 0 Å². The van der Waals surface area contributed by atoms with E-state index in [0.29, 0.717) is 50.4 Å². The van der Waals surface area contributed by atoms with E-state index in [1.165, 1.54) is 0 Å². The second kappa shape index (κ2) is 16.6. The molecule has 2 bridgehead atoms. The number of nitrogens with one attached hydrogen (secondary N) is 2. The zero-order chi connectivity index (χ0) is 34.1. The Morgan fingerprint density at radius 1 is 0.723 bits per heavy atom. The molecule has 0 unspecified atom stereocenters. The number of carbonyl (C=O) groups is 2. The fourth-order valence-electron chi connectivity index (χ4n) is 5.71. The molecule has 0 fully saturated rings. The number of phenols is 2. The summed E-state index contributed by atoms with van der Waals surface area (Å²) in [5.74, 6) is -1.51. The van der Waals surface area contributed by atoms with Crippen molar-refractivity contribution in [3.8, 4) is 11.5 Å². The second-order valence-electron chi connectivity index (χ2n) is 12.1. The smallest absolute Gasteiger partial charge is 0.255 e. The summed E-state index contributed by atoms with van der Waals surface area (Å²) in [7, 11) is 0. The third kappa shape index (κ3) is 9.47. The van der Waals surface area contributed by atoms with E-state index in [1.54, 1.807) is 12.1 Å². The Morgan fingerprint density at radius 2 is 1.13 bits per heavy atom. The van der Waals surface area contributed by atoms with E-state index in [0.717, 1.165) is 28.9 Å². The van der Waals surface area contributed by atoms with Crippen molar-refractivity contribution in [1.29, 1.82) is 0 Å². The summed E-state index contributed by atoms with van der Waals surface area (Å²) in [5, 5.41) is 64.8. The Morgan fingerprint density at radius 3 is 1.51 bits per heavy atom. The van der Waals surface area contributed by atoms with Crippen LogP contribution in [-0.2, 0) is 26.2 Å². The topological polar surface area (TPSA) is 199 Å². The number of nitrogens with zero attached hydrogens (tertiary/aromatic N) is 3. The van der Waals surface area contributed by atoms with Crippen molar-refractivity contribution in [2.24, 2.45) is 0 Å². The van der Waals surface area contributed by atoms with E-state index < -0.39 is 50.3 Å². The lowest BCUT2D eigenvalue weighted by Crippen LogP contribution is -2.40. The maximum atomic E-state index is 12.9. The van der Waals surface area contributed by atoms with E-state index in [1.807, 2.05) is 44.2 Å². The highest BCUT2D eigenvalue weighted by Gasteiger charge is 2.23. The third-order valence-corrected chi connectivity index (χ3v) is 8.08. The lowest BCUT2D eigenvalue weighted by Gasteiger charge is -2.29. The monoisotopic (exact) mass is 651 g/mol. The van der Waals surface area contributed by atoms with Crippen LogP contribution in [0.1, 0.15) is 60.8 Å². The fraction of sp³-hybridized carbons (Fsp3) is 0.441. The number of rotatable bonds is 12. The molecule has 1 aromatic heterocycles. The molecule has 1 aliphatic heterocycles. The molecule has 13 nitrogen and oxygen atoms in total. The lowest BCUT2D eigenvalue weighted by molar-refractivity contribution is 0.0870. The summed E-state index contributed by atoms with van der Waals surface area (Å²) in [5.41, 5.74) is 4.46. The SMILES string of the molecule is Cc1cc(CN2CCCN(Cc3cc(C)cc(C(=O)NC(CO)CO)c3O)Cc3cccc(n3)C2)c(O)c(C(=O)NC(CO)CO)c1. The van der Waals surface area contributed by atoms with Gasteiger partial charge in [-0.15, -0.1) is 0 Å². The summed E-state index contributed by atoms with van der Waals surface area (Å²) < 4.78 is 0. The van der Waals surface area contributed by atoms with Gasteiger partial charge in [0.25, 0.3) is 11.8 Å². The standard InChI is InChI=1S/C34H45N5O8/c1-21-9-23(31(44)29(11-21)33(46)36-27(17-40)18-41)13-38-7-4-8-39(16-26-6-3-5-25(15-38)35-26)14-24-10-22(2)12-30(32(24)45)34(47)37-28(19-42)20-43/h3,5-6,9-12,27-28,40-45H,4,7-8,13-20H2,1-2H3,(H,36,46)(H,37,47). The van der Waals surface area contributed by atoms with Crippen LogP contribution in [0.5, 0.6) is 11.5 Å². The van der Waals surface area contributed by atoms with Gasteiger partial charge in [0, 0.05) is 50.4 Å². The molecule has 0 radical (unpaired) electrons. The van der Waals surface area contributed by atoms with E-state index in [9.17, 15) is 40.2 Å². The molecule has 0 spiro atoms. The molecule has 2 amide bonds. The van der Waals surface area contributed by atoms with Crippen LogP contribution in [0.2, 0.25) is 0 Å². The van der Waals surface area contributed by atoms with E-state index in [2.05, 4.69) is 20.4 Å². The molecule has 0 aliphatic carbocycles. The maximum Gasteiger partial charge on any atom is 0.255 e. The minimum absolute atomic E-state index is 0.0634. The van der Waals surface area contributed by atoms with Crippen LogP contribution < -0.4 is 10.6 Å². The molecule has 8 N–H and O–H groups in total. The highest BCUT2D eigenvalue weighted by Crippen LogP contribution is 2.29. The van der Waals surface area contributed by atoms with Crippen molar-refractivity contribution in [3.63, 3.8) is 0 Å². The van der Waals surface area contributed by atoms with Gasteiger partial charge in [0.1, 0.15) is 11.5 Å². The van der Waals surface area contributed by atoms with Crippen molar-refractivity contribution < 1.29 is 40.2 Å². The molecule has 2 heterocycles. The number of amides is 2. The minimum atomic E-state index is -0.843. The molecule has 1 aliphatic rings. The number of carbonyl (C=O) groups excluding carboxylic acids is 2. The molecule has 0 saturated heterocycles. The van der Waals surface area contributed by atoms with Crippen molar-refractivity contribution >= 4 is 11.8 Å². The van der Waals surface area contributed by atoms with Gasteiger partial charge in [-0.1, -0.05) is 18.2 Å². The molecule has 13 heteroatoms. The van der Waals surface area contributed by atoms with Gasteiger partial charge in [-0.3, -0.25) is 24.4 Å². The third-order valence-electron chi connectivity index (χ3n) is 8.08. The second-order valence-corrected chi connectivity index (χ2v) is 12.1. The molecule has 3 aromatic rings. The van der Waals surface area contributed by atoms with Crippen molar-refractivity contribution in [3.05, 3.63) is 87.2 Å². The number of phenolic OH excluding ortho intramolecular Hbond substituents is 2. The number of aliphatic hydroxyl groups is 4. The van der Waals surface area contributed by atoms with Gasteiger partial charge in [-0.25, -0.2) is 0 Å². The number of benzene rings is 2. The Kier molecular flexibility index (Phi) is 12.6. The Hall–Kier alpha value is -4.11. The number of aliphatic hydroxyl groups excluding tert-OH is 4. The average Bonchev–Trinajstić information content (AvgIpc) is 3.04. The number of hydrogen-bond acceptors (Lipinski definition) is 11. The van der Waals surface area contributed by atoms with E-state index in [-0.39, 0.29) is 22.6 Å². The van der Waals surface area contributed by atoms with Crippen LogP contribution in [0.4, 0.5) is 0 Å². The van der Waals surface area contributed by atoms with Crippen LogP contribution >= 0.6 is 0 Å². The van der Waals surface area contributed by atoms with Gasteiger partial charge in [0.2, 0.25) is 0 Å².